The first-order valence-corrected chi connectivity index (χ1v) is 18.9. The van der Waals surface area contributed by atoms with Gasteiger partial charge >= 0.3 is 12.2 Å². The average Bonchev–Trinajstić information content (AvgIpc) is 3.74. The molecule has 0 aliphatic carbocycles. The van der Waals surface area contributed by atoms with Crippen molar-refractivity contribution in [3.63, 3.8) is 0 Å². The molecule has 290 valence electrons. The Morgan fingerprint density at radius 3 is 2.57 bits per heavy atom. The van der Waals surface area contributed by atoms with Crippen molar-refractivity contribution in [2.24, 2.45) is 0 Å². The fraction of sp³-hybridized carbons (Fsp3) is 0.395. The Hall–Kier alpha value is -5.48. The molecule has 9 nitrogen and oxygen atoms in total. The van der Waals surface area contributed by atoms with Crippen LogP contribution in [0.25, 0.3) is 32.9 Å². The summed E-state index contributed by atoms with van der Waals surface area (Å²) in [6, 6.07) is 13.4. The molecule has 3 saturated heterocycles. The van der Waals surface area contributed by atoms with Crippen LogP contribution in [0.2, 0.25) is 0 Å². The number of benzene rings is 3. The number of piperidine rings is 1. The van der Waals surface area contributed by atoms with Gasteiger partial charge in [0.05, 0.1) is 23.0 Å². The summed E-state index contributed by atoms with van der Waals surface area (Å²) in [6.07, 6.45) is 3.74. The highest BCUT2D eigenvalue weighted by molar-refractivity contribution is 6.02. The molecule has 3 aliphatic heterocycles. The Kier molecular flexibility index (Phi) is 9.95. The van der Waals surface area contributed by atoms with E-state index in [-0.39, 0.29) is 72.6 Å². The van der Waals surface area contributed by atoms with Crippen LogP contribution in [0.15, 0.2) is 54.7 Å². The van der Waals surface area contributed by atoms with Gasteiger partial charge in [0.25, 0.3) is 5.92 Å². The molecule has 5 heterocycles. The summed E-state index contributed by atoms with van der Waals surface area (Å²) in [5.41, 5.74) is 1.62. The van der Waals surface area contributed by atoms with E-state index in [1.54, 1.807) is 31.2 Å². The fourth-order valence-electron chi connectivity index (χ4n) is 8.57. The van der Waals surface area contributed by atoms with Gasteiger partial charge in [-0.05, 0) is 94.6 Å². The van der Waals surface area contributed by atoms with Crippen LogP contribution in [0.1, 0.15) is 62.1 Å². The second-order valence-corrected chi connectivity index (χ2v) is 15.1. The van der Waals surface area contributed by atoms with Crippen molar-refractivity contribution in [2.75, 3.05) is 37.7 Å². The molecular weight excluding hydrogens is 726 g/mol. The Balaban J connectivity index is 1.12. The molecule has 3 aromatic carbocycles. The summed E-state index contributed by atoms with van der Waals surface area (Å²) in [5.74, 6) is 1.74. The Bertz CT molecular complexity index is 2400. The van der Waals surface area contributed by atoms with Gasteiger partial charge in [-0.1, -0.05) is 35.7 Å². The molecule has 13 heteroatoms. The van der Waals surface area contributed by atoms with Gasteiger partial charge in [0, 0.05) is 36.2 Å². The van der Waals surface area contributed by atoms with E-state index in [2.05, 4.69) is 31.7 Å². The SMILES string of the molecule is CC#Cc1c(F)ccc2cc(C)cc(-c3ncc4c(N5CCCC(F)(F)C5)nc(OC[C@@]56CCCN5[C@H](COC(=O)Oc5ccc(C)cc5)CC6)nc4c3F)c12. The average molecular weight is 768 g/mol. The molecule has 8 rings (SSSR count). The van der Waals surface area contributed by atoms with E-state index in [4.69, 9.17) is 14.2 Å². The number of hydrogen-bond donors (Lipinski definition) is 0. The quantitative estimate of drug-likeness (QED) is 0.0665. The number of anilines is 1. The number of aromatic nitrogens is 3. The standard InChI is InChI=1S/C43H41F4N5O4/c1-4-7-31-34(44)13-10-28-20-27(3)21-32(35(28)31)37-36(45)38-33(22-48-37)39(51-18-6-16-43(46,47)24-51)50-40(49-38)55-25-42-15-5-19-52(42)29(14-17-42)23-54-41(53)56-30-11-8-26(2)9-12-30/h8-13,20-22,29H,5-6,14-19,23-25H2,1-3H3/t29-,42-/m0/s1. The second-order valence-electron chi connectivity index (χ2n) is 15.1. The fourth-order valence-corrected chi connectivity index (χ4v) is 8.57. The highest BCUT2D eigenvalue weighted by Gasteiger charge is 2.50. The summed E-state index contributed by atoms with van der Waals surface area (Å²) in [6.45, 7) is 6.11. The van der Waals surface area contributed by atoms with Crippen molar-refractivity contribution in [3.05, 3.63) is 83.1 Å². The summed E-state index contributed by atoms with van der Waals surface area (Å²) >= 11 is 0. The van der Waals surface area contributed by atoms with Gasteiger partial charge < -0.3 is 19.1 Å². The third-order valence-electron chi connectivity index (χ3n) is 11.2. The van der Waals surface area contributed by atoms with Crippen LogP contribution in [-0.4, -0.2) is 76.4 Å². The minimum Gasteiger partial charge on any atom is -0.461 e. The number of halogens is 4. The number of fused-ring (bicyclic) bond motifs is 3. The van der Waals surface area contributed by atoms with Crippen molar-refractivity contribution in [1.82, 2.24) is 19.9 Å². The molecule has 56 heavy (non-hydrogen) atoms. The zero-order chi connectivity index (χ0) is 39.2. The van der Waals surface area contributed by atoms with Crippen molar-refractivity contribution in [1.29, 1.82) is 0 Å². The first-order valence-electron chi connectivity index (χ1n) is 18.9. The molecule has 3 aliphatic rings. The lowest BCUT2D eigenvalue weighted by Gasteiger charge is -2.35. The van der Waals surface area contributed by atoms with Crippen LogP contribution in [0.3, 0.4) is 0 Å². The number of rotatable bonds is 8. The topological polar surface area (TPSA) is 89.9 Å². The minimum atomic E-state index is -2.97. The van der Waals surface area contributed by atoms with Crippen molar-refractivity contribution in [3.8, 4) is 34.9 Å². The van der Waals surface area contributed by atoms with Crippen molar-refractivity contribution in [2.45, 2.75) is 76.8 Å². The maximum Gasteiger partial charge on any atom is 0.513 e. The van der Waals surface area contributed by atoms with Gasteiger partial charge in [0.1, 0.15) is 41.8 Å². The Morgan fingerprint density at radius 2 is 1.79 bits per heavy atom. The Morgan fingerprint density at radius 1 is 0.982 bits per heavy atom. The lowest BCUT2D eigenvalue weighted by atomic mass is 9.94. The van der Waals surface area contributed by atoms with E-state index in [1.807, 2.05) is 32.0 Å². The van der Waals surface area contributed by atoms with Crippen LogP contribution in [0, 0.1) is 37.3 Å². The van der Waals surface area contributed by atoms with E-state index in [0.29, 0.717) is 22.1 Å². The molecule has 0 radical (unpaired) electrons. The first-order chi connectivity index (χ1) is 26.9. The number of aryl methyl sites for hydroxylation is 2. The molecule has 0 amide bonds. The number of nitrogens with zero attached hydrogens (tertiary/aromatic N) is 5. The molecule has 0 saturated carbocycles. The zero-order valence-electron chi connectivity index (χ0n) is 31.4. The highest BCUT2D eigenvalue weighted by Crippen LogP contribution is 2.44. The summed E-state index contributed by atoms with van der Waals surface area (Å²) < 4.78 is 79.1. The largest absolute Gasteiger partial charge is 0.513 e. The van der Waals surface area contributed by atoms with Crippen LogP contribution >= 0.6 is 0 Å². The number of carbonyl (C=O) groups excluding carboxylic acids is 1. The molecule has 0 spiro atoms. The molecule has 2 atom stereocenters. The van der Waals surface area contributed by atoms with Crippen LogP contribution in [0.5, 0.6) is 11.8 Å². The lowest BCUT2D eigenvalue weighted by molar-refractivity contribution is -0.0118. The number of ether oxygens (including phenoxy) is 3. The molecule has 0 unspecified atom stereocenters. The van der Waals surface area contributed by atoms with E-state index < -0.39 is 35.8 Å². The predicted octanol–water partition coefficient (Wildman–Crippen LogP) is 8.94. The third-order valence-corrected chi connectivity index (χ3v) is 11.2. The van der Waals surface area contributed by atoms with E-state index in [9.17, 15) is 13.6 Å². The van der Waals surface area contributed by atoms with Gasteiger partial charge in [0.2, 0.25) is 0 Å². The zero-order valence-corrected chi connectivity index (χ0v) is 31.4. The molecule has 5 aromatic rings. The summed E-state index contributed by atoms with van der Waals surface area (Å²) in [5, 5.41) is 1.22. The number of hydrogen-bond acceptors (Lipinski definition) is 9. The predicted molar refractivity (Wildman–Crippen MR) is 204 cm³/mol. The van der Waals surface area contributed by atoms with Gasteiger partial charge in [-0.25, -0.2) is 22.4 Å². The van der Waals surface area contributed by atoms with Gasteiger partial charge in [-0.15, -0.1) is 5.92 Å². The smallest absolute Gasteiger partial charge is 0.461 e. The maximum atomic E-state index is 17.1. The molecule has 3 fully saturated rings. The van der Waals surface area contributed by atoms with Crippen molar-refractivity contribution >= 4 is 33.6 Å². The van der Waals surface area contributed by atoms with Crippen LogP contribution < -0.4 is 14.4 Å². The van der Waals surface area contributed by atoms with E-state index >= 15 is 8.78 Å². The number of pyridine rings is 1. The van der Waals surface area contributed by atoms with Crippen LogP contribution in [0.4, 0.5) is 28.2 Å². The summed E-state index contributed by atoms with van der Waals surface area (Å²) in [4.78, 5) is 29.9. The molecule has 0 N–H and O–H groups in total. The van der Waals surface area contributed by atoms with E-state index in [0.717, 1.165) is 43.4 Å². The third kappa shape index (κ3) is 7.18. The first kappa shape index (κ1) is 37.4. The minimum absolute atomic E-state index is 0.0716. The van der Waals surface area contributed by atoms with Crippen LogP contribution in [-0.2, 0) is 4.74 Å². The lowest BCUT2D eigenvalue weighted by Crippen LogP contribution is -2.48. The molecule has 0 bridgehead atoms. The normalized spacial score (nSPS) is 20.5. The van der Waals surface area contributed by atoms with Gasteiger partial charge in [0.15, 0.2) is 5.82 Å². The maximum absolute atomic E-state index is 17.1. The number of carbonyl (C=O) groups is 1. The summed E-state index contributed by atoms with van der Waals surface area (Å²) in [7, 11) is 0. The van der Waals surface area contributed by atoms with E-state index in [1.165, 1.54) is 17.2 Å². The highest BCUT2D eigenvalue weighted by atomic mass is 19.3. The van der Waals surface area contributed by atoms with Gasteiger partial charge in [-0.3, -0.25) is 9.88 Å². The monoisotopic (exact) mass is 767 g/mol. The van der Waals surface area contributed by atoms with Gasteiger partial charge in [-0.2, -0.15) is 9.97 Å². The molecular formula is C43H41F4N5O4. The molecule has 2 aromatic heterocycles. The Labute approximate surface area is 322 Å². The second kappa shape index (κ2) is 14.9. The van der Waals surface area contributed by atoms with Crippen molar-refractivity contribution < 1.29 is 36.6 Å². The number of alkyl halides is 2.